The third kappa shape index (κ3) is 2.59. The number of benzene rings is 1. The van der Waals surface area contributed by atoms with Crippen LogP contribution in [-0.2, 0) is 9.53 Å². The van der Waals surface area contributed by atoms with Gasteiger partial charge in [-0.15, -0.1) is 0 Å². The highest BCUT2D eigenvalue weighted by Gasteiger charge is 2.19. The van der Waals surface area contributed by atoms with E-state index in [0.717, 1.165) is 5.56 Å². The van der Waals surface area contributed by atoms with Gasteiger partial charge < -0.3 is 9.47 Å². The summed E-state index contributed by atoms with van der Waals surface area (Å²) in [5.41, 5.74) is 1.04. The van der Waals surface area contributed by atoms with Crippen molar-refractivity contribution in [1.29, 1.82) is 0 Å². The molecular formula is C12H14O4. The van der Waals surface area contributed by atoms with Crippen molar-refractivity contribution in [3.05, 3.63) is 29.3 Å². The Labute approximate surface area is 94.2 Å². The van der Waals surface area contributed by atoms with E-state index in [4.69, 9.17) is 4.74 Å². The zero-order chi connectivity index (χ0) is 12.1. The average molecular weight is 222 g/mol. The minimum atomic E-state index is -0.834. The van der Waals surface area contributed by atoms with Gasteiger partial charge in [0.15, 0.2) is 0 Å². The topological polar surface area (TPSA) is 52.6 Å². The van der Waals surface area contributed by atoms with Crippen LogP contribution in [0.4, 0.5) is 0 Å². The van der Waals surface area contributed by atoms with E-state index >= 15 is 0 Å². The predicted molar refractivity (Wildman–Crippen MR) is 58.7 cm³/mol. The number of carbonyl (C=O) groups excluding carboxylic acids is 2. The van der Waals surface area contributed by atoms with Crippen molar-refractivity contribution in [3.63, 3.8) is 0 Å². The van der Waals surface area contributed by atoms with E-state index in [2.05, 4.69) is 4.74 Å². The first-order valence-corrected chi connectivity index (χ1v) is 4.96. The lowest BCUT2D eigenvalue weighted by Gasteiger charge is -2.06. The SMILES string of the molecule is CCOC(=O)C(=O)c1cc(OC)ccc1C. The molecule has 0 spiro atoms. The molecule has 4 heteroatoms. The summed E-state index contributed by atoms with van der Waals surface area (Å²) in [5, 5.41) is 0. The first-order chi connectivity index (χ1) is 7.60. The molecule has 0 amide bonds. The van der Waals surface area contributed by atoms with Crippen LogP contribution >= 0.6 is 0 Å². The summed E-state index contributed by atoms with van der Waals surface area (Å²) in [7, 11) is 1.50. The summed E-state index contributed by atoms with van der Waals surface area (Å²) >= 11 is 0. The van der Waals surface area contributed by atoms with Crippen molar-refractivity contribution in [1.82, 2.24) is 0 Å². The number of aryl methyl sites for hydroxylation is 1. The van der Waals surface area contributed by atoms with Crippen molar-refractivity contribution in [2.45, 2.75) is 13.8 Å². The van der Waals surface area contributed by atoms with Crippen molar-refractivity contribution in [2.75, 3.05) is 13.7 Å². The molecule has 0 atom stereocenters. The molecule has 0 saturated carbocycles. The van der Waals surface area contributed by atoms with Crippen LogP contribution in [0, 0.1) is 6.92 Å². The van der Waals surface area contributed by atoms with Crippen LogP contribution in [0.25, 0.3) is 0 Å². The summed E-state index contributed by atoms with van der Waals surface area (Å²) in [6, 6.07) is 5.00. The van der Waals surface area contributed by atoms with Gasteiger partial charge in [-0.3, -0.25) is 4.79 Å². The third-order valence-corrected chi connectivity index (χ3v) is 2.15. The zero-order valence-corrected chi connectivity index (χ0v) is 9.57. The summed E-state index contributed by atoms with van der Waals surface area (Å²) in [5.74, 6) is -0.935. The van der Waals surface area contributed by atoms with Crippen molar-refractivity contribution in [3.8, 4) is 5.75 Å². The normalized spacial score (nSPS) is 9.69. The number of carbonyl (C=O) groups is 2. The van der Waals surface area contributed by atoms with Gasteiger partial charge in [-0.05, 0) is 31.5 Å². The third-order valence-electron chi connectivity index (χ3n) is 2.15. The Balaban J connectivity index is 3.02. The minimum absolute atomic E-state index is 0.188. The Morgan fingerprint density at radius 2 is 2.00 bits per heavy atom. The van der Waals surface area contributed by atoms with Crippen LogP contribution in [0.15, 0.2) is 18.2 Å². The zero-order valence-electron chi connectivity index (χ0n) is 9.57. The first-order valence-electron chi connectivity index (χ1n) is 4.96. The van der Waals surface area contributed by atoms with Gasteiger partial charge in [0.25, 0.3) is 5.78 Å². The van der Waals surface area contributed by atoms with Crippen LogP contribution < -0.4 is 4.74 Å². The molecule has 0 radical (unpaired) electrons. The van der Waals surface area contributed by atoms with Gasteiger partial charge in [0.1, 0.15) is 5.75 Å². The Morgan fingerprint density at radius 1 is 1.31 bits per heavy atom. The molecule has 0 aromatic heterocycles. The fourth-order valence-electron chi connectivity index (χ4n) is 1.28. The molecule has 86 valence electrons. The molecule has 0 saturated heterocycles. The molecule has 0 aliphatic rings. The molecule has 0 heterocycles. The van der Waals surface area contributed by atoms with Gasteiger partial charge in [-0.25, -0.2) is 4.79 Å². The maximum absolute atomic E-state index is 11.7. The van der Waals surface area contributed by atoms with Gasteiger partial charge >= 0.3 is 5.97 Å². The van der Waals surface area contributed by atoms with E-state index in [1.54, 1.807) is 26.0 Å². The second-order valence-electron chi connectivity index (χ2n) is 3.23. The van der Waals surface area contributed by atoms with Gasteiger partial charge in [0.05, 0.1) is 13.7 Å². The first kappa shape index (κ1) is 12.2. The van der Waals surface area contributed by atoms with E-state index in [1.807, 2.05) is 0 Å². The van der Waals surface area contributed by atoms with Gasteiger partial charge in [0, 0.05) is 5.56 Å². The van der Waals surface area contributed by atoms with Crippen molar-refractivity contribution in [2.24, 2.45) is 0 Å². The highest BCUT2D eigenvalue weighted by Crippen LogP contribution is 2.17. The quantitative estimate of drug-likeness (QED) is 0.442. The molecule has 16 heavy (non-hydrogen) atoms. The minimum Gasteiger partial charge on any atom is -0.497 e. The fourth-order valence-corrected chi connectivity index (χ4v) is 1.28. The summed E-state index contributed by atoms with van der Waals surface area (Å²) in [6.07, 6.45) is 0. The predicted octanol–water partition coefficient (Wildman–Crippen LogP) is 1.75. The molecule has 0 unspecified atom stereocenters. The lowest BCUT2D eigenvalue weighted by Crippen LogP contribution is -2.18. The molecule has 0 N–H and O–H groups in total. The largest absolute Gasteiger partial charge is 0.497 e. The molecule has 4 nitrogen and oxygen atoms in total. The molecule has 0 fully saturated rings. The number of Topliss-reactive ketones (excluding diaryl/α,β-unsaturated/α-hetero) is 1. The van der Waals surface area contributed by atoms with Crippen LogP contribution in [0.2, 0.25) is 0 Å². The van der Waals surface area contributed by atoms with E-state index in [1.165, 1.54) is 13.2 Å². The van der Waals surface area contributed by atoms with E-state index in [-0.39, 0.29) is 6.61 Å². The van der Waals surface area contributed by atoms with Crippen molar-refractivity contribution >= 4 is 11.8 Å². The summed E-state index contributed by atoms with van der Waals surface area (Å²) in [4.78, 5) is 23.0. The fraction of sp³-hybridized carbons (Fsp3) is 0.333. The van der Waals surface area contributed by atoms with Crippen molar-refractivity contribution < 1.29 is 19.1 Å². The molecular weight excluding hydrogens is 208 g/mol. The number of methoxy groups -OCH3 is 1. The second kappa shape index (κ2) is 5.30. The highest BCUT2D eigenvalue weighted by molar-refractivity contribution is 6.41. The Kier molecular flexibility index (Phi) is 4.05. The van der Waals surface area contributed by atoms with Gasteiger partial charge in [0.2, 0.25) is 0 Å². The number of hydrogen-bond donors (Lipinski definition) is 0. The maximum Gasteiger partial charge on any atom is 0.379 e. The van der Waals surface area contributed by atoms with E-state index < -0.39 is 11.8 Å². The molecule has 0 aliphatic carbocycles. The lowest BCUT2D eigenvalue weighted by molar-refractivity contribution is -0.137. The Morgan fingerprint density at radius 3 is 2.56 bits per heavy atom. The second-order valence-corrected chi connectivity index (χ2v) is 3.23. The molecule has 1 aromatic carbocycles. The Hall–Kier alpha value is -1.84. The van der Waals surface area contributed by atoms with Crippen LogP contribution in [0.1, 0.15) is 22.8 Å². The monoisotopic (exact) mass is 222 g/mol. The standard InChI is InChI=1S/C12H14O4/c1-4-16-12(14)11(13)10-7-9(15-3)6-5-8(10)2/h5-7H,4H2,1-3H3. The highest BCUT2D eigenvalue weighted by atomic mass is 16.5. The van der Waals surface area contributed by atoms with Crippen LogP contribution in [-0.4, -0.2) is 25.5 Å². The van der Waals surface area contributed by atoms with Gasteiger partial charge in [-0.1, -0.05) is 6.07 Å². The van der Waals surface area contributed by atoms with Crippen LogP contribution in [0.5, 0.6) is 5.75 Å². The summed E-state index contributed by atoms with van der Waals surface area (Å²) in [6.45, 7) is 3.60. The van der Waals surface area contributed by atoms with Gasteiger partial charge in [-0.2, -0.15) is 0 Å². The van der Waals surface area contributed by atoms with E-state index in [0.29, 0.717) is 11.3 Å². The Bertz CT molecular complexity index is 409. The van der Waals surface area contributed by atoms with Crippen LogP contribution in [0.3, 0.4) is 0 Å². The average Bonchev–Trinajstić information content (AvgIpc) is 2.29. The number of ether oxygens (including phenoxy) is 2. The number of hydrogen-bond acceptors (Lipinski definition) is 4. The summed E-state index contributed by atoms with van der Waals surface area (Å²) < 4.78 is 9.65. The lowest BCUT2D eigenvalue weighted by atomic mass is 10.0. The smallest absolute Gasteiger partial charge is 0.379 e. The molecule has 1 rings (SSSR count). The molecule has 0 aliphatic heterocycles. The number of rotatable bonds is 4. The number of esters is 1. The van der Waals surface area contributed by atoms with E-state index in [9.17, 15) is 9.59 Å². The molecule has 0 bridgehead atoms. The maximum atomic E-state index is 11.7. The number of ketones is 1. The molecule has 1 aromatic rings.